The molecule has 0 aliphatic heterocycles. The van der Waals surface area contributed by atoms with E-state index in [-0.39, 0.29) is 5.92 Å². The van der Waals surface area contributed by atoms with Crippen LogP contribution in [0.5, 0.6) is 0 Å². The average Bonchev–Trinajstić information content (AvgIpc) is 2.43. The monoisotopic (exact) mass is 321 g/mol. The Morgan fingerprint density at radius 3 is 2.26 bits per heavy atom. The van der Waals surface area contributed by atoms with Gasteiger partial charge < -0.3 is 10.8 Å². The lowest BCUT2D eigenvalue weighted by Gasteiger charge is -2.31. The summed E-state index contributed by atoms with van der Waals surface area (Å²) in [4.78, 5) is 0. The molecule has 1 aliphatic rings. The van der Waals surface area contributed by atoms with E-state index in [1.54, 1.807) is 12.1 Å². The van der Waals surface area contributed by atoms with Gasteiger partial charge in [-0.15, -0.1) is 0 Å². The second-order valence-corrected chi connectivity index (χ2v) is 6.36. The second-order valence-electron chi connectivity index (χ2n) is 5.17. The lowest BCUT2D eigenvalue weighted by molar-refractivity contribution is 0.0618. The molecule has 0 bridgehead atoms. The van der Waals surface area contributed by atoms with E-state index in [1.165, 1.54) is 6.42 Å². The number of nitrogens with two attached hydrogens (primary N) is 1. The first-order chi connectivity index (χ1) is 9.02. The van der Waals surface area contributed by atoms with E-state index in [4.69, 9.17) is 40.5 Å². The second kappa shape index (κ2) is 6.64. The third kappa shape index (κ3) is 3.37. The van der Waals surface area contributed by atoms with Gasteiger partial charge in [0, 0.05) is 10.6 Å². The van der Waals surface area contributed by atoms with E-state index >= 15 is 0 Å². The Morgan fingerprint density at radius 2 is 1.63 bits per heavy atom. The first-order valence-electron chi connectivity index (χ1n) is 6.59. The molecule has 0 saturated heterocycles. The van der Waals surface area contributed by atoms with Crippen molar-refractivity contribution in [3.05, 3.63) is 32.8 Å². The zero-order chi connectivity index (χ0) is 14.0. The van der Waals surface area contributed by atoms with Gasteiger partial charge in [0.15, 0.2) is 0 Å². The van der Waals surface area contributed by atoms with E-state index < -0.39 is 12.1 Å². The maximum Gasteiger partial charge on any atom is 0.0761 e. The predicted octanol–water partition coefficient (Wildman–Crippen LogP) is 4.59. The molecule has 5 heteroatoms. The molecule has 1 aromatic rings. The van der Waals surface area contributed by atoms with Crippen molar-refractivity contribution in [2.24, 2.45) is 11.7 Å². The lowest BCUT2D eigenvalue weighted by atomic mass is 9.81. The van der Waals surface area contributed by atoms with Crippen molar-refractivity contribution in [2.75, 3.05) is 0 Å². The molecule has 1 aliphatic carbocycles. The normalized spacial score (nSPS) is 20.3. The Labute approximate surface area is 128 Å². The fourth-order valence-corrected chi connectivity index (χ4v) is 3.58. The minimum Gasteiger partial charge on any atom is -0.391 e. The molecule has 1 fully saturated rings. The van der Waals surface area contributed by atoms with E-state index in [1.807, 2.05) is 0 Å². The molecule has 106 valence electrons. The van der Waals surface area contributed by atoms with Gasteiger partial charge in [0.05, 0.1) is 22.2 Å². The fourth-order valence-electron chi connectivity index (χ4n) is 2.79. The molecule has 2 nitrogen and oxygen atoms in total. The summed E-state index contributed by atoms with van der Waals surface area (Å²) in [6, 6.07) is 2.70. The van der Waals surface area contributed by atoms with Crippen molar-refractivity contribution in [3.63, 3.8) is 0 Å². The van der Waals surface area contributed by atoms with Crippen LogP contribution in [0.3, 0.4) is 0 Å². The minimum atomic E-state index is -0.631. The Morgan fingerprint density at radius 1 is 1.05 bits per heavy atom. The quantitative estimate of drug-likeness (QED) is 0.800. The summed E-state index contributed by atoms with van der Waals surface area (Å²) < 4.78 is 0. The zero-order valence-corrected chi connectivity index (χ0v) is 12.8. The maximum atomic E-state index is 10.5. The highest BCUT2D eigenvalue weighted by atomic mass is 35.5. The highest BCUT2D eigenvalue weighted by Crippen LogP contribution is 2.39. The first-order valence-corrected chi connectivity index (χ1v) is 7.72. The van der Waals surface area contributed by atoms with Gasteiger partial charge >= 0.3 is 0 Å². The number of aliphatic hydroxyl groups is 1. The molecule has 1 saturated carbocycles. The Balaban J connectivity index is 2.23. The minimum absolute atomic E-state index is 0.217. The van der Waals surface area contributed by atoms with Gasteiger partial charge in [0.25, 0.3) is 0 Å². The van der Waals surface area contributed by atoms with Crippen LogP contribution in [0.2, 0.25) is 15.1 Å². The predicted molar refractivity (Wildman–Crippen MR) is 81.0 cm³/mol. The summed E-state index contributed by atoms with van der Waals surface area (Å²) in [7, 11) is 0. The van der Waals surface area contributed by atoms with Crippen molar-refractivity contribution in [1.82, 2.24) is 0 Å². The molecule has 2 rings (SSSR count). The number of rotatable bonds is 3. The van der Waals surface area contributed by atoms with Crippen molar-refractivity contribution in [3.8, 4) is 0 Å². The zero-order valence-electron chi connectivity index (χ0n) is 10.6. The molecule has 0 unspecified atom stereocenters. The van der Waals surface area contributed by atoms with Crippen molar-refractivity contribution in [1.29, 1.82) is 0 Å². The van der Waals surface area contributed by atoms with Crippen LogP contribution in [0.1, 0.15) is 43.7 Å². The van der Waals surface area contributed by atoms with Gasteiger partial charge in [-0.3, -0.25) is 0 Å². The Bertz CT molecular complexity index is 447. The van der Waals surface area contributed by atoms with E-state index in [0.717, 1.165) is 25.7 Å². The topological polar surface area (TPSA) is 46.2 Å². The van der Waals surface area contributed by atoms with Crippen LogP contribution in [-0.2, 0) is 0 Å². The number of benzene rings is 1. The molecule has 0 heterocycles. The standard InChI is InChI=1S/C14H18Cl3NO/c15-9-6-7-10(16)12(17)11(9)13(18)14(19)8-4-2-1-3-5-8/h6-8,13-14,19H,1-5,18H2/t13-,14+/m0/s1. The van der Waals surface area contributed by atoms with Crippen LogP contribution in [0, 0.1) is 5.92 Å². The molecule has 0 radical (unpaired) electrons. The number of hydrogen-bond acceptors (Lipinski definition) is 2. The van der Waals surface area contributed by atoms with Gasteiger partial charge in [-0.1, -0.05) is 54.1 Å². The van der Waals surface area contributed by atoms with Crippen LogP contribution in [0.25, 0.3) is 0 Å². The summed E-state index contributed by atoms with van der Waals surface area (Å²) in [5, 5.41) is 11.7. The highest BCUT2D eigenvalue weighted by Gasteiger charge is 2.30. The maximum absolute atomic E-state index is 10.5. The molecule has 1 aromatic carbocycles. The molecule has 0 aromatic heterocycles. The molecule has 19 heavy (non-hydrogen) atoms. The van der Waals surface area contributed by atoms with E-state index in [2.05, 4.69) is 0 Å². The van der Waals surface area contributed by atoms with Gasteiger partial charge in [-0.05, 0) is 30.9 Å². The Kier molecular flexibility index (Phi) is 5.38. The number of halogens is 3. The SMILES string of the molecule is N[C@@H](c1c(Cl)ccc(Cl)c1Cl)[C@H](O)C1CCCCC1. The van der Waals surface area contributed by atoms with Gasteiger partial charge in [-0.2, -0.15) is 0 Å². The molecular formula is C14H18Cl3NO. The van der Waals surface area contributed by atoms with Gasteiger partial charge in [-0.25, -0.2) is 0 Å². The average molecular weight is 323 g/mol. The van der Waals surface area contributed by atoms with Gasteiger partial charge in [0.1, 0.15) is 0 Å². The molecular weight excluding hydrogens is 305 g/mol. The largest absolute Gasteiger partial charge is 0.391 e. The third-order valence-electron chi connectivity index (χ3n) is 3.91. The van der Waals surface area contributed by atoms with Crippen LogP contribution in [0.4, 0.5) is 0 Å². The van der Waals surface area contributed by atoms with Crippen LogP contribution in [0.15, 0.2) is 12.1 Å². The summed E-state index contributed by atoms with van der Waals surface area (Å²) >= 11 is 18.3. The Hall–Kier alpha value is 0.01000. The summed E-state index contributed by atoms with van der Waals surface area (Å²) in [6.07, 6.45) is 4.90. The molecule has 3 N–H and O–H groups in total. The van der Waals surface area contributed by atoms with Crippen LogP contribution < -0.4 is 5.73 Å². The molecule has 0 spiro atoms. The lowest BCUT2D eigenvalue weighted by Crippen LogP contribution is -2.34. The van der Waals surface area contributed by atoms with Crippen molar-refractivity contribution < 1.29 is 5.11 Å². The summed E-state index contributed by atoms with van der Waals surface area (Å²) in [5.74, 6) is 0.217. The molecule has 2 atom stereocenters. The van der Waals surface area contributed by atoms with Crippen LogP contribution >= 0.6 is 34.8 Å². The first kappa shape index (κ1) is 15.4. The van der Waals surface area contributed by atoms with E-state index in [0.29, 0.717) is 20.6 Å². The third-order valence-corrected chi connectivity index (χ3v) is 5.06. The van der Waals surface area contributed by atoms with Gasteiger partial charge in [0.2, 0.25) is 0 Å². The van der Waals surface area contributed by atoms with Crippen LogP contribution in [-0.4, -0.2) is 11.2 Å². The van der Waals surface area contributed by atoms with Crippen molar-refractivity contribution in [2.45, 2.75) is 44.2 Å². The highest BCUT2D eigenvalue weighted by molar-refractivity contribution is 6.44. The number of hydrogen-bond donors (Lipinski definition) is 2. The van der Waals surface area contributed by atoms with Crippen molar-refractivity contribution >= 4 is 34.8 Å². The summed E-state index contributed by atoms with van der Waals surface area (Å²) in [5.41, 5.74) is 6.71. The number of aliphatic hydroxyl groups excluding tert-OH is 1. The fraction of sp³-hybridized carbons (Fsp3) is 0.571. The smallest absolute Gasteiger partial charge is 0.0761 e. The van der Waals surface area contributed by atoms with E-state index in [9.17, 15) is 5.11 Å². The molecule has 0 amide bonds. The summed E-state index contributed by atoms with van der Waals surface area (Å²) in [6.45, 7) is 0.